The van der Waals surface area contributed by atoms with Crippen LogP contribution in [0.15, 0.2) is 36.4 Å². The van der Waals surface area contributed by atoms with Crippen molar-refractivity contribution in [1.82, 2.24) is 10.6 Å². The number of fused-ring (bicyclic) bond motifs is 2. The number of carbonyl (C=O) groups is 2. The van der Waals surface area contributed by atoms with Crippen molar-refractivity contribution in [3.8, 4) is 0 Å². The topological polar surface area (TPSA) is 84.2 Å². The van der Waals surface area contributed by atoms with Crippen LogP contribution >= 0.6 is 0 Å². The zero-order valence-electron chi connectivity index (χ0n) is 15.4. The maximum Gasteiger partial charge on any atom is 0.251 e. The van der Waals surface area contributed by atoms with Gasteiger partial charge in [0.05, 0.1) is 0 Å². The minimum absolute atomic E-state index is 0.0519. The number of amides is 2. The number of hydrogen-bond acceptors (Lipinski definition) is 3. The van der Waals surface area contributed by atoms with Crippen LogP contribution in [0.4, 0.5) is 0 Å². The molecule has 5 heteroatoms. The first-order chi connectivity index (χ1) is 12.4. The Bertz CT molecular complexity index is 793. The lowest BCUT2D eigenvalue weighted by Crippen LogP contribution is -2.25. The van der Waals surface area contributed by atoms with Gasteiger partial charge in [-0.1, -0.05) is 12.1 Å². The van der Waals surface area contributed by atoms with Gasteiger partial charge >= 0.3 is 0 Å². The lowest BCUT2D eigenvalue weighted by molar-refractivity contribution is 0.0955. The van der Waals surface area contributed by atoms with Crippen molar-refractivity contribution in [2.45, 2.75) is 31.7 Å². The van der Waals surface area contributed by atoms with E-state index >= 15 is 0 Å². The van der Waals surface area contributed by atoms with Crippen LogP contribution in [0, 0.1) is 0 Å². The van der Waals surface area contributed by atoms with Crippen LogP contribution in [0.3, 0.4) is 0 Å². The van der Waals surface area contributed by atoms with Gasteiger partial charge in [-0.05, 0) is 66.3 Å². The fraction of sp³-hybridized carbons (Fsp3) is 0.333. The van der Waals surface area contributed by atoms with Gasteiger partial charge < -0.3 is 16.4 Å². The summed E-state index contributed by atoms with van der Waals surface area (Å²) in [5.74, 6) is -0.0193. The fourth-order valence-corrected chi connectivity index (χ4v) is 3.77. The number of nitrogens with one attached hydrogen (secondary N) is 2. The van der Waals surface area contributed by atoms with Crippen LogP contribution in [0.5, 0.6) is 0 Å². The van der Waals surface area contributed by atoms with Gasteiger partial charge in [-0.15, -0.1) is 0 Å². The molecule has 1 unspecified atom stereocenters. The van der Waals surface area contributed by atoms with Gasteiger partial charge in [0.1, 0.15) is 0 Å². The molecule has 3 rings (SSSR count). The molecular formula is C21H25N3O2. The molecule has 26 heavy (non-hydrogen) atoms. The van der Waals surface area contributed by atoms with Crippen molar-refractivity contribution < 1.29 is 9.59 Å². The molecule has 0 aliphatic heterocycles. The quantitative estimate of drug-likeness (QED) is 0.789. The third-order valence-corrected chi connectivity index (χ3v) is 5.00. The molecule has 4 N–H and O–H groups in total. The van der Waals surface area contributed by atoms with Gasteiger partial charge in [0, 0.05) is 37.2 Å². The van der Waals surface area contributed by atoms with Crippen molar-refractivity contribution in [3.05, 3.63) is 69.8 Å². The average Bonchev–Trinajstić information content (AvgIpc) is 2.65. The highest BCUT2D eigenvalue weighted by Gasteiger charge is 2.27. The highest BCUT2D eigenvalue weighted by Crippen LogP contribution is 2.40. The summed E-state index contributed by atoms with van der Waals surface area (Å²) in [4.78, 5) is 24.0. The van der Waals surface area contributed by atoms with Crippen molar-refractivity contribution in [2.75, 3.05) is 14.1 Å². The molecule has 0 saturated heterocycles. The monoisotopic (exact) mass is 351 g/mol. The SMILES string of the molecule is CNC(=O)c1ccc2c(c1)Cc1cc(C(=O)NC)ccc1C2CC(C)N. The minimum atomic E-state index is -0.0959. The first-order valence-corrected chi connectivity index (χ1v) is 8.90. The van der Waals surface area contributed by atoms with Crippen LogP contribution in [-0.4, -0.2) is 32.0 Å². The molecule has 0 fully saturated rings. The minimum Gasteiger partial charge on any atom is -0.355 e. The van der Waals surface area contributed by atoms with Gasteiger partial charge in [-0.2, -0.15) is 0 Å². The van der Waals surface area contributed by atoms with E-state index in [0.717, 1.165) is 17.5 Å². The number of nitrogens with two attached hydrogens (primary N) is 1. The largest absolute Gasteiger partial charge is 0.355 e. The number of benzene rings is 2. The second kappa shape index (κ2) is 7.30. The zero-order valence-corrected chi connectivity index (χ0v) is 15.4. The Morgan fingerprint density at radius 1 is 1.00 bits per heavy atom. The predicted molar refractivity (Wildman–Crippen MR) is 103 cm³/mol. The summed E-state index contributed by atoms with van der Waals surface area (Å²) in [7, 11) is 3.26. The highest BCUT2D eigenvalue weighted by atomic mass is 16.2. The molecule has 1 atom stereocenters. The summed E-state index contributed by atoms with van der Waals surface area (Å²) in [6.45, 7) is 2.01. The second-order valence-corrected chi connectivity index (χ2v) is 6.93. The molecule has 0 saturated carbocycles. The van der Waals surface area contributed by atoms with Crippen LogP contribution in [-0.2, 0) is 6.42 Å². The number of rotatable bonds is 4. The van der Waals surface area contributed by atoms with Crippen molar-refractivity contribution in [2.24, 2.45) is 5.73 Å². The fourth-order valence-electron chi connectivity index (χ4n) is 3.77. The van der Waals surface area contributed by atoms with Crippen LogP contribution < -0.4 is 16.4 Å². The molecule has 136 valence electrons. The van der Waals surface area contributed by atoms with Crippen molar-refractivity contribution >= 4 is 11.8 Å². The number of carbonyl (C=O) groups excluding carboxylic acids is 2. The summed E-state index contributed by atoms with van der Waals surface area (Å²) < 4.78 is 0. The summed E-state index contributed by atoms with van der Waals surface area (Å²) in [5, 5.41) is 5.34. The van der Waals surface area contributed by atoms with E-state index in [2.05, 4.69) is 10.6 Å². The summed E-state index contributed by atoms with van der Waals surface area (Å²) in [6.07, 6.45) is 1.52. The molecule has 0 radical (unpaired) electrons. The van der Waals surface area contributed by atoms with E-state index in [1.54, 1.807) is 14.1 Å². The van der Waals surface area contributed by atoms with Crippen molar-refractivity contribution in [3.63, 3.8) is 0 Å². The van der Waals surface area contributed by atoms with E-state index in [1.165, 1.54) is 11.1 Å². The molecule has 2 aromatic carbocycles. The van der Waals surface area contributed by atoms with E-state index in [1.807, 2.05) is 43.3 Å². The van der Waals surface area contributed by atoms with Gasteiger partial charge in [0.25, 0.3) is 11.8 Å². The lowest BCUT2D eigenvalue weighted by atomic mass is 9.74. The molecule has 2 amide bonds. The third kappa shape index (κ3) is 3.35. The Morgan fingerprint density at radius 3 is 1.85 bits per heavy atom. The van der Waals surface area contributed by atoms with Gasteiger partial charge in [0.2, 0.25) is 0 Å². The Kier molecular flexibility index (Phi) is 5.09. The normalized spacial score (nSPS) is 14.2. The molecule has 2 aromatic rings. The maximum absolute atomic E-state index is 12.0. The van der Waals surface area contributed by atoms with E-state index < -0.39 is 0 Å². The molecule has 1 aliphatic rings. The summed E-state index contributed by atoms with van der Waals surface area (Å²) in [5.41, 5.74) is 12.1. The van der Waals surface area contributed by atoms with Crippen LogP contribution in [0.1, 0.15) is 62.2 Å². The third-order valence-electron chi connectivity index (χ3n) is 5.00. The van der Waals surface area contributed by atoms with E-state index in [0.29, 0.717) is 17.5 Å². The van der Waals surface area contributed by atoms with Crippen LogP contribution in [0.25, 0.3) is 0 Å². The lowest BCUT2D eigenvalue weighted by Gasteiger charge is -2.30. The van der Waals surface area contributed by atoms with E-state index in [-0.39, 0.29) is 23.8 Å². The van der Waals surface area contributed by atoms with Gasteiger partial charge in [-0.3, -0.25) is 9.59 Å². The predicted octanol–water partition coefficient (Wildman–Crippen LogP) is 2.18. The molecular weight excluding hydrogens is 326 g/mol. The van der Waals surface area contributed by atoms with Crippen molar-refractivity contribution in [1.29, 1.82) is 0 Å². The smallest absolute Gasteiger partial charge is 0.251 e. The molecule has 5 nitrogen and oxygen atoms in total. The highest BCUT2D eigenvalue weighted by molar-refractivity contribution is 5.95. The molecule has 1 aliphatic carbocycles. The van der Waals surface area contributed by atoms with Crippen LogP contribution in [0.2, 0.25) is 0 Å². The Morgan fingerprint density at radius 2 is 1.46 bits per heavy atom. The second-order valence-electron chi connectivity index (χ2n) is 6.93. The standard InChI is InChI=1S/C21H25N3O2/c1-12(22)8-19-17-6-4-13(20(25)23-2)9-15(17)11-16-10-14(21(26)24-3)5-7-18(16)19/h4-7,9-10,12,19H,8,11,22H2,1-3H3,(H,23,25)(H,24,26). The molecule has 0 bridgehead atoms. The summed E-state index contributed by atoms with van der Waals surface area (Å²) in [6, 6.07) is 11.8. The Hall–Kier alpha value is -2.66. The number of hydrogen-bond donors (Lipinski definition) is 3. The summed E-state index contributed by atoms with van der Waals surface area (Å²) >= 11 is 0. The molecule has 0 spiro atoms. The van der Waals surface area contributed by atoms with E-state index in [9.17, 15) is 9.59 Å². The zero-order chi connectivity index (χ0) is 18.8. The Balaban J connectivity index is 2.09. The van der Waals surface area contributed by atoms with E-state index in [4.69, 9.17) is 5.73 Å². The maximum atomic E-state index is 12.0. The first kappa shape index (κ1) is 18.1. The first-order valence-electron chi connectivity index (χ1n) is 8.90. The Labute approximate surface area is 154 Å². The molecule has 0 heterocycles. The van der Waals surface area contributed by atoms with Gasteiger partial charge in [-0.25, -0.2) is 0 Å². The van der Waals surface area contributed by atoms with Gasteiger partial charge in [0.15, 0.2) is 0 Å². The average molecular weight is 351 g/mol. The molecule has 0 aromatic heterocycles.